The van der Waals surface area contributed by atoms with Gasteiger partial charge in [-0.25, -0.2) is 8.42 Å². The monoisotopic (exact) mass is 258 g/mol. The van der Waals surface area contributed by atoms with Crippen LogP contribution in [0.3, 0.4) is 0 Å². The lowest BCUT2D eigenvalue weighted by molar-refractivity contribution is 0.233. The van der Waals surface area contributed by atoms with Crippen LogP contribution in [0.1, 0.15) is 13.8 Å². The third-order valence-corrected chi connectivity index (χ3v) is 4.65. The molecule has 2 heterocycles. The summed E-state index contributed by atoms with van der Waals surface area (Å²) in [4.78, 5) is 0.262. The van der Waals surface area contributed by atoms with Gasteiger partial charge in [0.2, 0.25) is 10.0 Å². The number of hydrogen-bond donors (Lipinski definition) is 1. The Kier molecular flexibility index (Phi) is 3.01. The van der Waals surface area contributed by atoms with E-state index >= 15 is 0 Å². The molecular formula is C10H18N4O2S. The predicted octanol–water partition coefficient (Wildman–Crippen LogP) is -0.207. The highest BCUT2D eigenvalue weighted by Gasteiger charge is 2.34. The molecule has 96 valence electrons. The molecule has 0 aliphatic carbocycles. The average Bonchev–Trinajstić information content (AvgIpc) is 2.64. The van der Waals surface area contributed by atoms with E-state index < -0.39 is 10.0 Å². The highest BCUT2D eigenvalue weighted by atomic mass is 32.2. The van der Waals surface area contributed by atoms with E-state index in [0.29, 0.717) is 19.6 Å². The van der Waals surface area contributed by atoms with Crippen molar-refractivity contribution >= 4 is 10.0 Å². The number of aromatic nitrogens is 2. The van der Waals surface area contributed by atoms with Crippen molar-refractivity contribution in [1.29, 1.82) is 0 Å². The van der Waals surface area contributed by atoms with Crippen LogP contribution in [0.5, 0.6) is 0 Å². The quantitative estimate of drug-likeness (QED) is 0.797. The van der Waals surface area contributed by atoms with E-state index in [1.54, 1.807) is 7.05 Å². The molecule has 1 aromatic heterocycles. The standard InChI is InChI=1S/C10H18N4O2S/c1-10(2)8-14(5-4-11-10)17(15,16)9-6-12-13(3)7-9/h6-7,11H,4-5,8H2,1-3H3. The third-order valence-electron chi connectivity index (χ3n) is 2.86. The summed E-state index contributed by atoms with van der Waals surface area (Å²) < 4.78 is 27.7. The highest BCUT2D eigenvalue weighted by Crippen LogP contribution is 2.19. The molecule has 0 bridgehead atoms. The Hall–Kier alpha value is -0.920. The van der Waals surface area contributed by atoms with Gasteiger partial charge in [0.05, 0.1) is 6.20 Å². The second-order valence-corrected chi connectivity index (χ2v) is 6.94. The molecule has 6 nitrogen and oxygen atoms in total. The van der Waals surface area contributed by atoms with Crippen LogP contribution in [-0.4, -0.2) is 47.7 Å². The number of hydrogen-bond acceptors (Lipinski definition) is 4. The van der Waals surface area contributed by atoms with Gasteiger partial charge in [0, 0.05) is 38.4 Å². The maximum Gasteiger partial charge on any atom is 0.246 e. The van der Waals surface area contributed by atoms with E-state index in [9.17, 15) is 8.42 Å². The van der Waals surface area contributed by atoms with Gasteiger partial charge < -0.3 is 5.32 Å². The van der Waals surface area contributed by atoms with Crippen molar-refractivity contribution in [1.82, 2.24) is 19.4 Å². The Morgan fingerprint density at radius 2 is 2.18 bits per heavy atom. The first-order valence-corrected chi connectivity index (χ1v) is 6.99. The van der Waals surface area contributed by atoms with Crippen molar-refractivity contribution < 1.29 is 8.42 Å². The van der Waals surface area contributed by atoms with Crippen LogP contribution in [0.15, 0.2) is 17.3 Å². The Bertz CT molecular complexity index is 506. The zero-order valence-corrected chi connectivity index (χ0v) is 11.2. The molecule has 0 amide bonds. The minimum Gasteiger partial charge on any atom is -0.309 e. The summed E-state index contributed by atoms with van der Waals surface area (Å²) in [5, 5.41) is 7.20. The van der Waals surface area contributed by atoms with Crippen molar-refractivity contribution in [2.45, 2.75) is 24.3 Å². The summed E-state index contributed by atoms with van der Waals surface area (Å²) in [7, 11) is -1.69. The molecule has 17 heavy (non-hydrogen) atoms. The van der Waals surface area contributed by atoms with Gasteiger partial charge in [0.1, 0.15) is 4.90 Å². The Balaban J connectivity index is 2.27. The lowest BCUT2D eigenvalue weighted by atomic mass is 10.0. The molecule has 1 N–H and O–H groups in total. The number of nitrogens with one attached hydrogen (secondary N) is 1. The molecule has 0 aromatic carbocycles. The fourth-order valence-electron chi connectivity index (χ4n) is 1.98. The summed E-state index contributed by atoms with van der Waals surface area (Å²) in [5.41, 5.74) is -0.187. The number of nitrogens with zero attached hydrogens (tertiary/aromatic N) is 3. The molecule has 2 rings (SSSR count). The highest BCUT2D eigenvalue weighted by molar-refractivity contribution is 7.89. The topological polar surface area (TPSA) is 67.2 Å². The van der Waals surface area contributed by atoms with Gasteiger partial charge in [-0.05, 0) is 13.8 Å². The van der Waals surface area contributed by atoms with Crippen molar-refractivity contribution in [2.24, 2.45) is 7.05 Å². The minimum atomic E-state index is -3.40. The molecular weight excluding hydrogens is 240 g/mol. The predicted molar refractivity (Wildman–Crippen MR) is 64.0 cm³/mol. The lowest BCUT2D eigenvalue weighted by Crippen LogP contribution is -2.58. The van der Waals surface area contributed by atoms with Gasteiger partial charge in [-0.15, -0.1) is 0 Å². The van der Waals surface area contributed by atoms with Crippen molar-refractivity contribution in [3.8, 4) is 0 Å². The zero-order chi connectivity index (χ0) is 12.7. The number of aryl methyl sites for hydroxylation is 1. The summed E-state index contributed by atoms with van der Waals surface area (Å²) >= 11 is 0. The van der Waals surface area contributed by atoms with Crippen LogP contribution in [-0.2, 0) is 17.1 Å². The fourth-order valence-corrected chi connectivity index (χ4v) is 3.57. The Morgan fingerprint density at radius 3 is 2.71 bits per heavy atom. The van der Waals surface area contributed by atoms with E-state index in [2.05, 4.69) is 10.4 Å². The van der Waals surface area contributed by atoms with Gasteiger partial charge in [-0.3, -0.25) is 4.68 Å². The molecule has 0 unspecified atom stereocenters. The van der Waals surface area contributed by atoms with Crippen molar-refractivity contribution in [2.75, 3.05) is 19.6 Å². The van der Waals surface area contributed by atoms with Gasteiger partial charge in [-0.2, -0.15) is 9.40 Å². The molecule has 7 heteroatoms. The van der Waals surface area contributed by atoms with E-state index in [1.807, 2.05) is 13.8 Å². The van der Waals surface area contributed by atoms with Crippen LogP contribution in [0.2, 0.25) is 0 Å². The molecule has 1 aliphatic rings. The Morgan fingerprint density at radius 1 is 1.47 bits per heavy atom. The van der Waals surface area contributed by atoms with Crippen LogP contribution in [0.4, 0.5) is 0 Å². The number of sulfonamides is 1. The SMILES string of the molecule is Cn1cc(S(=O)(=O)N2CCNC(C)(C)C2)cn1. The molecule has 1 saturated heterocycles. The van der Waals surface area contributed by atoms with Crippen molar-refractivity contribution in [3.63, 3.8) is 0 Å². The summed E-state index contributed by atoms with van der Waals surface area (Å²) in [6.07, 6.45) is 2.93. The number of rotatable bonds is 2. The normalized spacial score (nSPS) is 21.6. The summed E-state index contributed by atoms with van der Waals surface area (Å²) in [6, 6.07) is 0. The van der Waals surface area contributed by atoms with Crippen LogP contribution in [0.25, 0.3) is 0 Å². The minimum absolute atomic E-state index is 0.187. The van der Waals surface area contributed by atoms with Crippen LogP contribution >= 0.6 is 0 Å². The maximum atomic E-state index is 12.3. The summed E-state index contributed by atoms with van der Waals surface area (Å²) in [5.74, 6) is 0. The molecule has 1 fully saturated rings. The molecule has 1 aliphatic heterocycles. The van der Waals surface area contributed by atoms with Crippen LogP contribution < -0.4 is 5.32 Å². The molecule has 0 radical (unpaired) electrons. The van der Waals surface area contributed by atoms with Gasteiger partial charge >= 0.3 is 0 Å². The molecule has 0 saturated carbocycles. The lowest BCUT2D eigenvalue weighted by Gasteiger charge is -2.38. The third kappa shape index (κ3) is 2.51. The molecule has 1 aromatic rings. The number of piperazine rings is 1. The van der Waals surface area contributed by atoms with E-state index in [1.165, 1.54) is 21.4 Å². The van der Waals surface area contributed by atoms with E-state index in [4.69, 9.17) is 0 Å². The average molecular weight is 258 g/mol. The second kappa shape index (κ2) is 4.08. The first kappa shape index (κ1) is 12.5. The summed E-state index contributed by atoms with van der Waals surface area (Å²) in [6.45, 7) is 5.65. The van der Waals surface area contributed by atoms with E-state index in [0.717, 1.165) is 0 Å². The first-order chi connectivity index (χ1) is 7.81. The van der Waals surface area contributed by atoms with E-state index in [-0.39, 0.29) is 10.4 Å². The van der Waals surface area contributed by atoms with Gasteiger partial charge in [0.15, 0.2) is 0 Å². The largest absolute Gasteiger partial charge is 0.309 e. The smallest absolute Gasteiger partial charge is 0.246 e. The fraction of sp³-hybridized carbons (Fsp3) is 0.700. The van der Waals surface area contributed by atoms with Crippen LogP contribution in [0, 0.1) is 0 Å². The zero-order valence-electron chi connectivity index (χ0n) is 10.3. The Labute approximate surface area is 102 Å². The van der Waals surface area contributed by atoms with Crippen molar-refractivity contribution in [3.05, 3.63) is 12.4 Å². The first-order valence-electron chi connectivity index (χ1n) is 5.55. The molecule has 0 atom stereocenters. The second-order valence-electron chi connectivity index (χ2n) is 5.00. The molecule has 0 spiro atoms. The maximum absolute atomic E-state index is 12.3. The van der Waals surface area contributed by atoms with Gasteiger partial charge in [0.25, 0.3) is 0 Å². The van der Waals surface area contributed by atoms with Gasteiger partial charge in [-0.1, -0.05) is 0 Å².